The zero-order chi connectivity index (χ0) is 10.6. The molecule has 2 nitrogen and oxygen atoms in total. The smallest absolute Gasteiger partial charge is 0.0434 e. The van der Waals surface area contributed by atoms with E-state index >= 15 is 0 Å². The van der Waals surface area contributed by atoms with Gasteiger partial charge in [-0.3, -0.25) is 0 Å². The van der Waals surface area contributed by atoms with Gasteiger partial charge in [-0.1, -0.05) is 39.5 Å². The highest BCUT2D eigenvalue weighted by atomic mass is 16.3. The third-order valence-electron chi connectivity index (χ3n) is 2.57. The summed E-state index contributed by atoms with van der Waals surface area (Å²) in [6.07, 6.45) is 7.65. The molecule has 0 spiro atoms. The maximum absolute atomic E-state index is 8.71. The van der Waals surface area contributed by atoms with Gasteiger partial charge in [0.15, 0.2) is 0 Å². The van der Waals surface area contributed by atoms with Crippen molar-refractivity contribution in [3.05, 3.63) is 0 Å². The molecular formula is C12H27NO. The predicted octanol–water partition coefficient (Wildman–Crippen LogP) is 2.56. The number of unbranched alkanes of at least 4 members (excludes halogenated alkanes) is 4. The van der Waals surface area contributed by atoms with E-state index < -0.39 is 0 Å². The molecule has 0 aliphatic carbocycles. The summed E-state index contributed by atoms with van der Waals surface area (Å²) in [4.78, 5) is 0. The molecule has 0 aliphatic heterocycles. The third-order valence-corrected chi connectivity index (χ3v) is 2.57. The fourth-order valence-electron chi connectivity index (χ4n) is 1.52. The topological polar surface area (TPSA) is 32.3 Å². The molecule has 1 atom stereocenters. The molecule has 86 valence electrons. The van der Waals surface area contributed by atoms with Gasteiger partial charge >= 0.3 is 0 Å². The van der Waals surface area contributed by atoms with Crippen molar-refractivity contribution in [2.75, 3.05) is 19.7 Å². The third kappa shape index (κ3) is 10.0. The Hall–Kier alpha value is -0.0800. The van der Waals surface area contributed by atoms with Gasteiger partial charge in [0.2, 0.25) is 0 Å². The maximum Gasteiger partial charge on any atom is 0.0434 e. The summed E-state index contributed by atoms with van der Waals surface area (Å²) in [5.41, 5.74) is 0. The molecule has 0 heterocycles. The molecule has 0 fully saturated rings. The lowest BCUT2D eigenvalue weighted by atomic mass is 10.1. The standard InChI is InChI=1S/C12H27NO/c1-3-4-5-6-7-9-13-11-12(2)8-10-14/h12-14H,3-11H2,1-2H3. The van der Waals surface area contributed by atoms with Gasteiger partial charge < -0.3 is 10.4 Å². The van der Waals surface area contributed by atoms with Crippen LogP contribution in [-0.2, 0) is 0 Å². The van der Waals surface area contributed by atoms with E-state index in [1.54, 1.807) is 0 Å². The zero-order valence-corrected chi connectivity index (χ0v) is 9.89. The number of hydrogen-bond donors (Lipinski definition) is 2. The molecule has 2 N–H and O–H groups in total. The molecule has 0 saturated heterocycles. The molecule has 1 unspecified atom stereocenters. The highest BCUT2D eigenvalue weighted by Gasteiger charge is 1.99. The Morgan fingerprint density at radius 1 is 1.14 bits per heavy atom. The Kier molecular flexibility index (Phi) is 10.9. The van der Waals surface area contributed by atoms with Crippen molar-refractivity contribution in [3.8, 4) is 0 Å². The second-order valence-corrected chi connectivity index (χ2v) is 4.24. The van der Waals surface area contributed by atoms with Crippen LogP contribution in [-0.4, -0.2) is 24.8 Å². The highest BCUT2D eigenvalue weighted by Crippen LogP contribution is 2.02. The Morgan fingerprint density at radius 3 is 2.50 bits per heavy atom. The second kappa shape index (κ2) is 11.0. The van der Waals surface area contributed by atoms with E-state index in [4.69, 9.17) is 5.11 Å². The Labute approximate surface area is 89.1 Å². The van der Waals surface area contributed by atoms with Gasteiger partial charge in [-0.25, -0.2) is 0 Å². The maximum atomic E-state index is 8.71. The van der Waals surface area contributed by atoms with Crippen LogP contribution in [0.5, 0.6) is 0 Å². The van der Waals surface area contributed by atoms with Crippen LogP contribution in [0.2, 0.25) is 0 Å². The fourth-order valence-corrected chi connectivity index (χ4v) is 1.52. The van der Waals surface area contributed by atoms with E-state index in [1.165, 1.54) is 32.1 Å². The average molecular weight is 201 g/mol. The van der Waals surface area contributed by atoms with Crippen LogP contribution in [0.3, 0.4) is 0 Å². The van der Waals surface area contributed by atoms with Gasteiger partial charge in [-0.15, -0.1) is 0 Å². The molecule has 0 bridgehead atoms. The lowest BCUT2D eigenvalue weighted by molar-refractivity contribution is 0.260. The number of rotatable bonds is 10. The van der Waals surface area contributed by atoms with E-state index in [1.807, 2.05) is 0 Å². The van der Waals surface area contributed by atoms with Crippen molar-refractivity contribution in [3.63, 3.8) is 0 Å². The van der Waals surface area contributed by atoms with Gasteiger partial charge in [-0.2, -0.15) is 0 Å². The van der Waals surface area contributed by atoms with Crippen molar-refractivity contribution < 1.29 is 5.11 Å². The first kappa shape index (κ1) is 13.9. The Bertz CT molecular complexity index is 106. The lowest BCUT2D eigenvalue weighted by Crippen LogP contribution is -2.22. The Morgan fingerprint density at radius 2 is 1.86 bits per heavy atom. The van der Waals surface area contributed by atoms with E-state index in [9.17, 15) is 0 Å². The first-order chi connectivity index (χ1) is 6.81. The normalized spacial score (nSPS) is 13.1. The average Bonchev–Trinajstić information content (AvgIpc) is 2.17. The first-order valence-corrected chi connectivity index (χ1v) is 6.12. The van der Waals surface area contributed by atoms with Gasteiger partial charge in [0.05, 0.1) is 0 Å². The van der Waals surface area contributed by atoms with Crippen LogP contribution < -0.4 is 5.32 Å². The van der Waals surface area contributed by atoms with Crippen LogP contribution in [0, 0.1) is 5.92 Å². The first-order valence-electron chi connectivity index (χ1n) is 6.12. The molecule has 0 amide bonds. The van der Waals surface area contributed by atoms with Crippen LogP contribution in [0.15, 0.2) is 0 Å². The molecule has 14 heavy (non-hydrogen) atoms. The molecule has 0 aromatic rings. The van der Waals surface area contributed by atoms with Gasteiger partial charge in [-0.05, 0) is 31.8 Å². The number of nitrogens with one attached hydrogen (secondary N) is 1. The second-order valence-electron chi connectivity index (χ2n) is 4.24. The summed E-state index contributed by atoms with van der Waals surface area (Å²) in [6.45, 7) is 6.93. The molecule has 0 aromatic carbocycles. The van der Waals surface area contributed by atoms with Gasteiger partial charge in [0.1, 0.15) is 0 Å². The molecule has 0 rings (SSSR count). The molecule has 0 saturated carbocycles. The summed E-state index contributed by atoms with van der Waals surface area (Å²) >= 11 is 0. The minimum Gasteiger partial charge on any atom is -0.396 e. The van der Waals surface area contributed by atoms with Crippen LogP contribution in [0.25, 0.3) is 0 Å². The quantitative estimate of drug-likeness (QED) is 0.532. The lowest BCUT2D eigenvalue weighted by Gasteiger charge is -2.10. The monoisotopic (exact) mass is 201 g/mol. The van der Waals surface area contributed by atoms with Crippen LogP contribution >= 0.6 is 0 Å². The molecule has 0 aromatic heterocycles. The summed E-state index contributed by atoms with van der Waals surface area (Å²) in [6, 6.07) is 0. The van der Waals surface area contributed by atoms with E-state index in [0.717, 1.165) is 19.5 Å². The zero-order valence-electron chi connectivity index (χ0n) is 9.89. The number of aliphatic hydroxyl groups is 1. The fraction of sp³-hybridized carbons (Fsp3) is 1.00. The van der Waals surface area contributed by atoms with Crippen molar-refractivity contribution in [2.24, 2.45) is 5.92 Å². The SMILES string of the molecule is CCCCCCCNCC(C)CCO. The van der Waals surface area contributed by atoms with E-state index in [2.05, 4.69) is 19.2 Å². The summed E-state index contributed by atoms with van der Waals surface area (Å²) in [5, 5.41) is 12.1. The minimum atomic E-state index is 0.319. The molecular weight excluding hydrogens is 174 g/mol. The number of hydrogen-bond acceptors (Lipinski definition) is 2. The predicted molar refractivity (Wildman–Crippen MR) is 62.5 cm³/mol. The molecule has 0 aliphatic rings. The minimum absolute atomic E-state index is 0.319. The van der Waals surface area contributed by atoms with Gasteiger partial charge in [0.25, 0.3) is 0 Å². The van der Waals surface area contributed by atoms with Gasteiger partial charge in [0, 0.05) is 6.61 Å². The van der Waals surface area contributed by atoms with Crippen molar-refractivity contribution in [1.29, 1.82) is 0 Å². The van der Waals surface area contributed by atoms with Crippen molar-refractivity contribution >= 4 is 0 Å². The summed E-state index contributed by atoms with van der Waals surface area (Å²) in [5.74, 6) is 0.607. The largest absolute Gasteiger partial charge is 0.396 e. The van der Waals surface area contributed by atoms with Crippen LogP contribution in [0.4, 0.5) is 0 Å². The Balaban J connectivity index is 2.98. The summed E-state index contributed by atoms with van der Waals surface area (Å²) < 4.78 is 0. The van der Waals surface area contributed by atoms with E-state index in [0.29, 0.717) is 12.5 Å². The summed E-state index contributed by atoms with van der Waals surface area (Å²) in [7, 11) is 0. The van der Waals surface area contributed by atoms with Crippen molar-refractivity contribution in [1.82, 2.24) is 5.32 Å². The molecule has 0 radical (unpaired) electrons. The van der Waals surface area contributed by atoms with E-state index in [-0.39, 0.29) is 0 Å². The highest BCUT2D eigenvalue weighted by molar-refractivity contribution is 4.56. The number of aliphatic hydroxyl groups excluding tert-OH is 1. The van der Waals surface area contributed by atoms with Crippen LogP contribution in [0.1, 0.15) is 52.4 Å². The molecule has 2 heteroatoms. The van der Waals surface area contributed by atoms with Crippen molar-refractivity contribution in [2.45, 2.75) is 52.4 Å².